The first-order chi connectivity index (χ1) is 28.2. The van der Waals surface area contributed by atoms with Crippen molar-refractivity contribution in [2.24, 2.45) is 4.99 Å². The van der Waals surface area contributed by atoms with Crippen LogP contribution >= 0.6 is 0 Å². The Kier molecular flexibility index (Phi) is 7.81. The number of rotatable bonds is 6. The van der Waals surface area contributed by atoms with Crippen LogP contribution < -0.4 is 10.3 Å². The minimum atomic E-state index is -0.140. The van der Waals surface area contributed by atoms with Gasteiger partial charge in [0.25, 0.3) is 5.84 Å². The molecule has 0 bridgehead atoms. The average molecular weight is 731 g/mol. The Morgan fingerprint density at radius 2 is 1.23 bits per heavy atom. The number of hydrogen-bond donors (Lipinski definition) is 2. The predicted octanol–water partition coefficient (Wildman–Crippen LogP) is 10.4. The average Bonchev–Trinajstić information content (AvgIpc) is 3.63. The van der Waals surface area contributed by atoms with E-state index in [1.807, 2.05) is 30.5 Å². The highest BCUT2D eigenvalue weighted by atomic mass is 15.2. The number of amidine groups is 2. The van der Waals surface area contributed by atoms with Crippen LogP contribution in [0.1, 0.15) is 22.9 Å². The Labute approximate surface area is 330 Å². The van der Waals surface area contributed by atoms with Crippen molar-refractivity contribution in [1.29, 1.82) is 0 Å². The van der Waals surface area contributed by atoms with Crippen molar-refractivity contribution in [1.82, 2.24) is 14.9 Å². The van der Waals surface area contributed by atoms with Gasteiger partial charge in [-0.15, -0.1) is 0 Å². The number of para-hydroxylation sites is 1. The molecule has 57 heavy (non-hydrogen) atoms. The zero-order valence-electron chi connectivity index (χ0n) is 31.0. The summed E-state index contributed by atoms with van der Waals surface area (Å²) in [5.41, 5.74) is 12.1. The summed E-state index contributed by atoms with van der Waals surface area (Å²) >= 11 is 0. The molecule has 10 aromatic rings. The van der Waals surface area contributed by atoms with Gasteiger partial charge in [-0.2, -0.15) is 0 Å². The second-order valence-electron chi connectivity index (χ2n) is 14.6. The van der Waals surface area contributed by atoms with Gasteiger partial charge in [0.15, 0.2) is 6.17 Å². The lowest BCUT2D eigenvalue weighted by molar-refractivity contribution is -0.516. The first-order valence-electron chi connectivity index (χ1n) is 19.4. The molecule has 0 spiro atoms. The van der Waals surface area contributed by atoms with Gasteiger partial charge in [-0.05, 0) is 93.1 Å². The summed E-state index contributed by atoms with van der Waals surface area (Å²) in [6.07, 6.45) is 1.85. The van der Waals surface area contributed by atoms with Crippen LogP contribution in [0.25, 0.3) is 71.4 Å². The van der Waals surface area contributed by atoms with Gasteiger partial charge < -0.3 is 9.88 Å². The lowest BCUT2D eigenvalue weighted by atomic mass is 9.96. The molecule has 2 N–H and O–H groups in total. The Morgan fingerprint density at radius 1 is 0.491 bits per heavy atom. The quantitative estimate of drug-likeness (QED) is 0.179. The van der Waals surface area contributed by atoms with E-state index in [-0.39, 0.29) is 6.17 Å². The van der Waals surface area contributed by atoms with Crippen LogP contribution in [0.3, 0.4) is 0 Å². The smallest absolute Gasteiger partial charge is 0.309 e. The molecule has 3 heterocycles. The number of nitrogens with one attached hydrogen (secondary N) is 2. The normalized spacial score (nSPS) is 14.1. The van der Waals surface area contributed by atoms with Crippen molar-refractivity contribution >= 4 is 55.2 Å². The number of fused-ring (bicyclic) bond motifs is 6. The fourth-order valence-electron chi connectivity index (χ4n) is 8.40. The molecule has 0 radical (unpaired) electrons. The Hall–Kier alpha value is -7.63. The van der Waals surface area contributed by atoms with E-state index >= 15 is 0 Å². The van der Waals surface area contributed by atoms with Gasteiger partial charge in [0.05, 0.1) is 22.1 Å². The maximum atomic E-state index is 5.12. The van der Waals surface area contributed by atoms with Crippen molar-refractivity contribution in [3.05, 3.63) is 217 Å². The van der Waals surface area contributed by atoms with Crippen LogP contribution in [0.2, 0.25) is 0 Å². The van der Waals surface area contributed by atoms with Gasteiger partial charge in [0, 0.05) is 44.7 Å². The first-order valence-corrected chi connectivity index (χ1v) is 19.4. The molecule has 0 aliphatic carbocycles. The largest absolute Gasteiger partial charge is 0.328 e. The first kappa shape index (κ1) is 32.8. The standard InChI is InChI=1S/C52H35N5/c1-4-15-35(16-5-1)50-54-51(36-17-6-2-7-18-36)56-52(55-50)39-20-12-19-37(30-39)40-31-45-42(24-13-25-46(45)53-33-40)38-26-28-44-48(32-38)57(41-21-8-3-9-22-41)47-29-27-34-14-10-11-23-43(34)49(44)47/h1-33,50H,(H,54,55,56)/p+1. The third kappa shape index (κ3) is 5.76. The van der Waals surface area contributed by atoms with E-state index in [1.165, 1.54) is 32.6 Å². The summed E-state index contributed by atoms with van der Waals surface area (Å²) in [4.78, 5) is 13.8. The number of benzene rings is 8. The van der Waals surface area contributed by atoms with Crippen molar-refractivity contribution in [2.45, 2.75) is 6.17 Å². The number of hydrogen-bond acceptors (Lipinski definition) is 3. The molecule has 5 nitrogen and oxygen atoms in total. The fourth-order valence-corrected chi connectivity index (χ4v) is 8.40. The van der Waals surface area contributed by atoms with E-state index in [9.17, 15) is 0 Å². The Balaban J connectivity index is 1.03. The van der Waals surface area contributed by atoms with Crippen LogP contribution in [-0.2, 0) is 0 Å². The Morgan fingerprint density at radius 3 is 2.09 bits per heavy atom. The van der Waals surface area contributed by atoms with Crippen LogP contribution in [0, 0.1) is 0 Å². The van der Waals surface area contributed by atoms with E-state index < -0.39 is 0 Å². The molecule has 1 unspecified atom stereocenters. The molecule has 0 saturated carbocycles. The zero-order valence-corrected chi connectivity index (χ0v) is 31.0. The molecule has 8 aromatic carbocycles. The summed E-state index contributed by atoms with van der Waals surface area (Å²) < 4.78 is 2.40. The van der Waals surface area contributed by atoms with E-state index in [4.69, 9.17) is 9.98 Å². The third-order valence-electron chi connectivity index (χ3n) is 11.1. The molecular formula is C52H36N5+. The lowest BCUT2D eigenvalue weighted by Gasteiger charge is -2.18. The highest BCUT2D eigenvalue weighted by molar-refractivity contribution is 6.22. The van der Waals surface area contributed by atoms with Crippen molar-refractivity contribution < 1.29 is 4.99 Å². The van der Waals surface area contributed by atoms with Gasteiger partial charge in [-0.25, -0.2) is 4.99 Å². The summed E-state index contributed by atoms with van der Waals surface area (Å²) in [5.74, 6) is 1.64. The van der Waals surface area contributed by atoms with Gasteiger partial charge >= 0.3 is 5.84 Å². The van der Waals surface area contributed by atoms with Gasteiger partial charge in [-0.3, -0.25) is 4.98 Å². The van der Waals surface area contributed by atoms with E-state index in [0.717, 1.165) is 67.2 Å². The third-order valence-corrected chi connectivity index (χ3v) is 11.1. The topological polar surface area (TPSA) is 56.2 Å². The fraction of sp³-hybridized carbons (Fsp3) is 0.0192. The highest BCUT2D eigenvalue weighted by Crippen LogP contribution is 2.40. The summed E-state index contributed by atoms with van der Waals surface area (Å²) in [6.45, 7) is 0. The van der Waals surface area contributed by atoms with Crippen LogP contribution in [0.5, 0.6) is 0 Å². The van der Waals surface area contributed by atoms with Crippen molar-refractivity contribution in [3.8, 4) is 27.9 Å². The van der Waals surface area contributed by atoms with Crippen LogP contribution in [0.4, 0.5) is 0 Å². The lowest BCUT2D eigenvalue weighted by Crippen LogP contribution is -2.80. The van der Waals surface area contributed by atoms with Crippen LogP contribution in [0.15, 0.2) is 205 Å². The zero-order chi connectivity index (χ0) is 37.7. The molecule has 1 aliphatic heterocycles. The molecule has 1 aliphatic rings. The van der Waals surface area contributed by atoms with E-state index in [2.05, 4.69) is 185 Å². The molecule has 0 amide bonds. The number of aliphatic imine (C=N–C) groups is 1. The minimum absolute atomic E-state index is 0.140. The molecule has 0 saturated heterocycles. The summed E-state index contributed by atoms with van der Waals surface area (Å²) in [6, 6.07) is 68.8. The maximum Gasteiger partial charge on any atom is 0.328 e. The minimum Gasteiger partial charge on any atom is -0.309 e. The van der Waals surface area contributed by atoms with E-state index in [1.54, 1.807) is 0 Å². The van der Waals surface area contributed by atoms with Crippen molar-refractivity contribution in [3.63, 3.8) is 0 Å². The predicted molar refractivity (Wildman–Crippen MR) is 235 cm³/mol. The summed E-state index contributed by atoms with van der Waals surface area (Å²) in [7, 11) is 0. The maximum absolute atomic E-state index is 5.12. The van der Waals surface area contributed by atoms with Crippen molar-refractivity contribution in [2.75, 3.05) is 0 Å². The van der Waals surface area contributed by atoms with Gasteiger partial charge in [-0.1, -0.05) is 133 Å². The van der Waals surface area contributed by atoms with Gasteiger partial charge in [0.1, 0.15) is 0 Å². The second kappa shape index (κ2) is 13.6. The van der Waals surface area contributed by atoms with Gasteiger partial charge in [0.2, 0.25) is 0 Å². The molecular weight excluding hydrogens is 695 g/mol. The molecule has 11 rings (SSSR count). The number of pyridine rings is 1. The van der Waals surface area contributed by atoms with E-state index in [0.29, 0.717) is 0 Å². The SMILES string of the molecule is c1ccc(C2=[NH+]C(c3ccccc3)NC(c3cccc(-c4cnc5cccc(-c6ccc7c8c9ccccc9ccc8n(-c8ccccc8)c7c6)c5c4)c3)=N2)cc1. The molecule has 268 valence electrons. The summed E-state index contributed by atoms with van der Waals surface area (Å²) in [5, 5.41) is 9.80. The second-order valence-corrected chi connectivity index (χ2v) is 14.6. The molecule has 1 atom stereocenters. The molecule has 0 fully saturated rings. The Bertz CT molecular complexity index is 3200. The molecule has 5 heteroatoms. The number of aromatic nitrogens is 2. The van der Waals surface area contributed by atoms with Crippen LogP contribution in [-0.4, -0.2) is 21.2 Å². The number of nitrogens with zero attached hydrogens (tertiary/aromatic N) is 3. The highest BCUT2D eigenvalue weighted by Gasteiger charge is 2.28. The monoisotopic (exact) mass is 730 g/mol. The molecule has 2 aromatic heterocycles.